The predicted molar refractivity (Wildman–Crippen MR) is 95.1 cm³/mol. The average molecular weight is 356 g/mol. The summed E-state index contributed by atoms with van der Waals surface area (Å²) in [5.74, 6) is 1.36. The van der Waals surface area contributed by atoms with Crippen molar-refractivity contribution >= 4 is 27.3 Å². The van der Waals surface area contributed by atoms with Gasteiger partial charge in [-0.2, -0.15) is 0 Å². The van der Waals surface area contributed by atoms with Gasteiger partial charge in [0.2, 0.25) is 0 Å². The van der Waals surface area contributed by atoms with E-state index in [1.807, 2.05) is 0 Å². The molecule has 6 nitrogen and oxygen atoms in total. The Hall–Kier alpha value is -3.11. The molecule has 2 rings (SSSR count). The second-order valence-corrected chi connectivity index (χ2v) is 7.20. The fourth-order valence-electron chi connectivity index (χ4n) is 2.08. The number of hydrogen-bond acceptors (Lipinski definition) is 4. The van der Waals surface area contributed by atoms with Crippen molar-refractivity contribution < 1.29 is 18.0 Å². The van der Waals surface area contributed by atoms with Crippen LogP contribution in [0.15, 0.2) is 53.4 Å². The van der Waals surface area contributed by atoms with E-state index in [2.05, 4.69) is 16.6 Å². The third-order valence-corrected chi connectivity index (χ3v) is 4.41. The molecule has 0 aromatic heterocycles. The molecule has 0 radical (unpaired) electrons. The maximum Gasteiger partial charge on any atom is 0.255 e. The Morgan fingerprint density at radius 1 is 1.08 bits per heavy atom. The summed E-state index contributed by atoms with van der Waals surface area (Å²) in [6.07, 6.45) is 6.18. The molecule has 0 spiro atoms. The van der Waals surface area contributed by atoms with Crippen LogP contribution >= 0.6 is 0 Å². The second kappa shape index (κ2) is 7.64. The van der Waals surface area contributed by atoms with E-state index < -0.39 is 21.7 Å². The number of carbonyl (C=O) groups excluding carboxylic acids is 2. The fraction of sp³-hybridized carbons (Fsp3) is 0.111. The average Bonchev–Trinajstić information content (AvgIpc) is 2.59. The number of carbonyl (C=O) groups is 2. The van der Waals surface area contributed by atoms with Crippen LogP contribution in [0, 0.1) is 12.3 Å². The van der Waals surface area contributed by atoms with E-state index in [0.717, 1.165) is 6.26 Å². The molecule has 2 aromatic rings. The summed E-state index contributed by atoms with van der Waals surface area (Å²) in [5.41, 5.74) is 0.721. The number of amides is 2. The molecule has 2 N–H and O–H groups in total. The van der Waals surface area contributed by atoms with Crippen molar-refractivity contribution in [3.05, 3.63) is 59.7 Å². The number of hydrogen-bond donors (Lipinski definition) is 2. The molecular formula is C18H16N2O4S. The number of nitrogens with one attached hydrogen (secondary N) is 2. The van der Waals surface area contributed by atoms with Gasteiger partial charge in [0.25, 0.3) is 11.8 Å². The van der Waals surface area contributed by atoms with Crippen molar-refractivity contribution in [2.24, 2.45) is 0 Å². The lowest BCUT2D eigenvalue weighted by molar-refractivity contribution is 0.0959. The molecule has 0 heterocycles. The zero-order valence-corrected chi connectivity index (χ0v) is 14.3. The molecule has 0 aliphatic heterocycles. The molecule has 0 unspecified atom stereocenters. The molecule has 128 valence electrons. The maximum absolute atomic E-state index is 12.4. The summed E-state index contributed by atoms with van der Waals surface area (Å²) in [7, 11) is -3.43. The summed E-state index contributed by atoms with van der Waals surface area (Å²) in [6.45, 7) is 0.0670. The number of rotatable bonds is 5. The van der Waals surface area contributed by atoms with E-state index in [1.165, 1.54) is 24.3 Å². The Balaban J connectivity index is 2.28. The standard InChI is InChI=1S/C18H16N2O4S/c1-3-11-19-18(22)15-9-4-5-10-16(15)20-17(21)13-7-6-8-14(12-13)25(2,23)24/h1,4-10,12H,11H2,2H3,(H,19,22)(H,20,21). The third-order valence-electron chi connectivity index (χ3n) is 3.30. The molecule has 0 aliphatic carbocycles. The van der Waals surface area contributed by atoms with Gasteiger partial charge in [0, 0.05) is 11.8 Å². The first-order valence-electron chi connectivity index (χ1n) is 7.25. The van der Waals surface area contributed by atoms with Crippen LogP contribution in [-0.4, -0.2) is 33.0 Å². The zero-order chi connectivity index (χ0) is 18.4. The van der Waals surface area contributed by atoms with Crippen molar-refractivity contribution in [1.82, 2.24) is 5.32 Å². The van der Waals surface area contributed by atoms with Crippen LogP contribution in [0.4, 0.5) is 5.69 Å². The highest BCUT2D eigenvalue weighted by Crippen LogP contribution is 2.17. The fourth-order valence-corrected chi connectivity index (χ4v) is 2.75. The van der Waals surface area contributed by atoms with Gasteiger partial charge in [-0.25, -0.2) is 8.42 Å². The van der Waals surface area contributed by atoms with E-state index in [1.54, 1.807) is 24.3 Å². The van der Waals surface area contributed by atoms with Gasteiger partial charge in [-0.3, -0.25) is 9.59 Å². The highest BCUT2D eigenvalue weighted by molar-refractivity contribution is 7.90. The van der Waals surface area contributed by atoms with Crippen LogP contribution in [0.5, 0.6) is 0 Å². The van der Waals surface area contributed by atoms with Crippen LogP contribution in [-0.2, 0) is 9.84 Å². The van der Waals surface area contributed by atoms with Crippen LogP contribution < -0.4 is 10.6 Å². The minimum absolute atomic E-state index is 0.0419. The first kappa shape index (κ1) is 18.2. The molecule has 0 saturated heterocycles. The zero-order valence-electron chi connectivity index (χ0n) is 13.4. The monoisotopic (exact) mass is 356 g/mol. The Labute approximate surface area is 146 Å². The molecular weight excluding hydrogens is 340 g/mol. The summed E-state index contributed by atoms with van der Waals surface area (Å²) in [5, 5.41) is 5.14. The second-order valence-electron chi connectivity index (χ2n) is 5.19. The summed E-state index contributed by atoms with van der Waals surface area (Å²) in [4.78, 5) is 24.5. The Bertz CT molecular complexity index is 959. The van der Waals surface area contributed by atoms with Gasteiger partial charge in [-0.1, -0.05) is 24.1 Å². The quantitative estimate of drug-likeness (QED) is 0.798. The molecule has 0 saturated carbocycles. The SMILES string of the molecule is C#CCNC(=O)c1ccccc1NC(=O)c1cccc(S(C)(=O)=O)c1. The van der Waals surface area contributed by atoms with Gasteiger partial charge in [0.1, 0.15) is 0 Å². The van der Waals surface area contributed by atoms with Gasteiger partial charge in [0.15, 0.2) is 9.84 Å². The molecule has 0 fully saturated rings. The van der Waals surface area contributed by atoms with Crippen LogP contribution in [0.3, 0.4) is 0 Å². The van der Waals surface area contributed by atoms with E-state index >= 15 is 0 Å². The molecule has 0 atom stereocenters. The number of para-hydroxylation sites is 1. The third kappa shape index (κ3) is 4.68. The van der Waals surface area contributed by atoms with E-state index in [4.69, 9.17) is 6.42 Å². The minimum atomic E-state index is -3.43. The van der Waals surface area contributed by atoms with Gasteiger partial charge in [0.05, 0.1) is 22.7 Å². The maximum atomic E-state index is 12.4. The van der Waals surface area contributed by atoms with E-state index in [9.17, 15) is 18.0 Å². The molecule has 2 aromatic carbocycles. The topological polar surface area (TPSA) is 92.3 Å². The van der Waals surface area contributed by atoms with E-state index in [-0.39, 0.29) is 22.6 Å². The molecule has 7 heteroatoms. The lowest BCUT2D eigenvalue weighted by Crippen LogP contribution is -2.25. The lowest BCUT2D eigenvalue weighted by atomic mass is 10.1. The lowest BCUT2D eigenvalue weighted by Gasteiger charge is -2.11. The van der Waals surface area contributed by atoms with Crippen LogP contribution in [0.2, 0.25) is 0 Å². The molecule has 0 aliphatic rings. The normalized spacial score (nSPS) is 10.6. The number of terminal acetylenes is 1. The van der Waals surface area contributed by atoms with Crippen molar-refractivity contribution in [3.63, 3.8) is 0 Å². The number of benzene rings is 2. The van der Waals surface area contributed by atoms with Gasteiger partial charge in [-0.15, -0.1) is 6.42 Å². The largest absolute Gasteiger partial charge is 0.341 e. The Morgan fingerprint density at radius 3 is 2.48 bits per heavy atom. The van der Waals surface area contributed by atoms with Gasteiger partial charge < -0.3 is 10.6 Å². The molecule has 2 amide bonds. The van der Waals surface area contributed by atoms with Crippen molar-refractivity contribution in [2.75, 3.05) is 18.1 Å². The molecule has 25 heavy (non-hydrogen) atoms. The Kier molecular flexibility index (Phi) is 5.57. The number of sulfone groups is 1. The summed E-state index contributed by atoms with van der Waals surface area (Å²) in [6, 6.07) is 12.1. The van der Waals surface area contributed by atoms with Crippen LogP contribution in [0.1, 0.15) is 20.7 Å². The predicted octanol–water partition coefficient (Wildman–Crippen LogP) is 1.71. The number of anilines is 1. The molecule has 0 bridgehead atoms. The highest BCUT2D eigenvalue weighted by Gasteiger charge is 2.15. The Morgan fingerprint density at radius 2 is 1.80 bits per heavy atom. The summed E-state index contributed by atoms with van der Waals surface area (Å²) < 4.78 is 23.2. The summed E-state index contributed by atoms with van der Waals surface area (Å²) >= 11 is 0. The first-order chi connectivity index (χ1) is 11.8. The van der Waals surface area contributed by atoms with Crippen molar-refractivity contribution in [2.45, 2.75) is 4.90 Å². The van der Waals surface area contributed by atoms with Gasteiger partial charge >= 0.3 is 0 Å². The highest BCUT2D eigenvalue weighted by atomic mass is 32.2. The minimum Gasteiger partial charge on any atom is -0.341 e. The first-order valence-corrected chi connectivity index (χ1v) is 9.14. The smallest absolute Gasteiger partial charge is 0.255 e. The van der Waals surface area contributed by atoms with Crippen LogP contribution in [0.25, 0.3) is 0 Å². The van der Waals surface area contributed by atoms with Crippen molar-refractivity contribution in [3.8, 4) is 12.3 Å². The van der Waals surface area contributed by atoms with E-state index in [0.29, 0.717) is 5.69 Å². The van der Waals surface area contributed by atoms with Crippen molar-refractivity contribution in [1.29, 1.82) is 0 Å². The van der Waals surface area contributed by atoms with Gasteiger partial charge in [-0.05, 0) is 30.3 Å².